The normalized spacial score (nSPS) is 12.7. The molecule has 0 amide bonds. The highest BCUT2D eigenvalue weighted by Crippen LogP contribution is 2.33. The summed E-state index contributed by atoms with van der Waals surface area (Å²) in [5.74, 6) is 0. The molecular formula is C11H12BrN3OS. The van der Waals surface area contributed by atoms with Crippen molar-refractivity contribution in [1.82, 2.24) is 14.8 Å². The summed E-state index contributed by atoms with van der Waals surface area (Å²) in [4.78, 5) is 0.985. The van der Waals surface area contributed by atoms with Crippen LogP contribution < -0.4 is 0 Å². The molecule has 1 heterocycles. The first-order valence-corrected chi connectivity index (χ1v) is 6.68. The van der Waals surface area contributed by atoms with Crippen molar-refractivity contribution in [2.24, 2.45) is 7.05 Å². The van der Waals surface area contributed by atoms with Crippen LogP contribution in [0.3, 0.4) is 0 Å². The van der Waals surface area contributed by atoms with Gasteiger partial charge in [0.1, 0.15) is 6.33 Å². The van der Waals surface area contributed by atoms with Gasteiger partial charge in [0.25, 0.3) is 0 Å². The molecule has 1 aromatic carbocycles. The number of nitrogens with zero attached hydrogens (tertiary/aromatic N) is 3. The van der Waals surface area contributed by atoms with Gasteiger partial charge >= 0.3 is 0 Å². The zero-order valence-corrected chi connectivity index (χ0v) is 11.9. The van der Waals surface area contributed by atoms with E-state index in [0.29, 0.717) is 0 Å². The molecule has 17 heavy (non-hydrogen) atoms. The van der Waals surface area contributed by atoms with E-state index in [4.69, 9.17) is 0 Å². The predicted molar refractivity (Wildman–Crippen MR) is 69.9 cm³/mol. The molecule has 0 radical (unpaired) electrons. The maximum atomic E-state index is 9.75. The molecule has 0 bridgehead atoms. The summed E-state index contributed by atoms with van der Waals surface area (Å²) >= 11 is 4.90. The fraction of sp³-hybridized carbons (Fsp3) is 0.273. The van der Waals surface area contributed by atoms with Gasteiger partial charge in [0.2, 0.25) is 0 Å². The van der Waals surface area contributed by atoms with Crippen molar-refractivity contribution < 1.29 is 5.11 Å². The topological polar surface area (TPSA) is 50.9 Å². The third kappa shape index (κ3) is 2.88. The molecule has 1 unspecified atom stereocenters. The van der Waals surface area contributed by atoms with Crippen LogP contribution in [-0.2, 0) is 7.05 Å². The van der Waals surface area contributed by atoms with Crippen molar-refractivity contribution in [3.63, 3.8) is 0 Å². The van der Waals surface area contributed by atoms with E-state index in [0.717, 1.165) is 20.1 Å². The molecular weight excluding hydrogens is 302 g/mol. The van der Waals surface area contributed by atoms with Crippen LogP contribution in [0.25, 0.3) is 0 Å². The van der Waals surface area contributed by atoms with Crippen LogP contribution in [0.15, 0.2) is 39.1 Å². The Morgan fingerprint density at radius 1 is 1.47 bits per heavy atom. The van der Waals surface area contributed by atoms with E-state index < -0.39 is 6.10 Å². The van der Waals surface area contributed by atoms with Gasteiger partial charge in [0, 0.05) is 16.4 Å². The summed E-state index contributed by atoms with van der Waals surface area (Å²) in [6.07, 6.45) is 1.15. The van der Waals surface area contributed by atoms with Gasteiger partial charge in [-0.1, -0.05) is 15.9 Å². The number of aromatic nitrogens is 3. The van der Waals surface area contributed by atoms with Crippen LogP contribution in [0.5, 0.6) is 0 Å². The zero-order valence-electron chi connectivity index (χ0n) is 9.46. The van der Waals surface area contributed by atoms with Crippen molar-refractivity contribution >= 4 is 27.7 Å². The van der Waals surface area contributed by atoms with Gasteiger partial charge < -0.3 is 9.67 Å². The maximum Gasteiger partial charge on any atom is 0.195 e. The number of benzene rings is 1. The van der Waals surface area contributed by atoms with Crippen molar-refractivity contribution in [3.8, 4) is 0 Å². The number of rotatable bonds is 3. The summed E-state index contributed by atoms with van der Waals surface area (Å²) in [6.45, 7) is 1.75. The Hall–Kier alpha value is -0.850. The Balaban J connectivity index is 2.36. The second kappa shape index (κ2) is 5.20. The fourth-order valence-corrected chi connectivity index (χ4v) is 2.74. The van der Waals surface area contributed by atoms with Gasteiger partial charge in [-0.2, -0.15) is 0 Å². The Morgan fingerprint density at radius 3 is 2.82 bits per heavy atom. The van der Waals surface area contributed by atoms with Gasteiger partial charge in [-0.15, -0.1) is 10.2 Å². The maximum absolute atomic E-state index is 9.75. The van der Waals surface area contributed by atoms with Crippen LogP contribution in [0.4, 0.5) is 0 Å². The van der Waals surface area contributed by atoms with E-state index >= 15 is 0 Å². The monoisotopic (exact) mass is 313 g/mol. The predicted octanol–water partition coefficient (Wildman–Crippen LogP) is 2.78. The van der Waals surface area contributed by atoms with Gasteiger partial charge in [-0.3, -0.25) is 0 Å². The van der Waals surface area contributed by atoms with E-state index in [1.54, 1.807) is 13.3 Å². The highest BCUT2D eigenvalue weighted by Gasteiger charge is 2.12. The van der Waals surface area contributed by atoms with Gasteiger partial charge in [0.15, 0.2) is 5.16 Å². The van der Waals surface area contributed by atoms with Gasteiger partial charge in [0.05, 0.1) is 6.10 Å². The van der Waals surface area contributed by atoms with Gasteiger partial charge in [-0.25, -0.2) is 0 Å². The molecule has 2 aromatic rings. The quantitative estimate of drug-likeness (QED) is 0.946. The first-order valence-electron chi connectivity index (χ1n) is 5.07. The van der Waals surface area contributed by atoms with Crippen LogP contribution in [0.2, 0.25) is 0 Å². The Bertz CT molecular complexity index is 527. The average molecular weight is 314 g/mol. The Labute approximate surface area is 112 Å². The molecule has 6 heteroatoms. The van der Waals surface area contributed by atoms with Crippen molar-refractivity contribution in [3.05, 3.63) is 34.6 Å². The highest BCUT2D eigenvalue weighted by atomic mass is 79.9. The zero-order chi connectivity index (χ0) is 12.4. The Morgan fingerprint density at radius 2 is 2.24 bits per heavy atom. The summed E-state index contributed by atoms with van der Waals surface area (Å²) in [7, 11) is 1.89. The molecule has 0 saturated heterocycles. The second-order valence-corrected chi connectivity index (χ2v) is 5.61. The minimum atomic E-state index is -0.511. The lowest BCUT2D eigenvalue weighted by Gasteiger charge is -2.11. The van der Waals surface area contributed by atoms with E-state index in [-0.39, 0.29) is 0 Å². The van der Waals surface area contributed by atoms with Crippen LogP contribution in [0, 0.1) is 0 Å². The molecule has 2 rings (SSSR count). The summed E-state index contributed by atoms with van der Waals surface area (Å²) in [5.41, 5.74) is 0.882. The molecule has 4 nitrogen and oxygen atoms in total. The van der Waals surface area contributed by atoms with Crippen molar-refractivity contribution in [2.45, 2.75) is 23.1 Å². The van der Waals surface area contributed by atoms with Crippen LogP contribution in [-0.4, -0.2) is 19.9 Å². The smallest absolute Gasteiger partial charge is 0.195 e. The summed E-state index contributed by atoms with van der Waals surface area (Å²) in [6, 6.07) is 5.83. The lowest BCUT2D eigenvalue weighted by Crippen LogP contribution is -1.96. The number of hydrogen-bond donors (Lipinski definition) is 1. The van der Waals surface area contributed by atoms with E-state index in [1.165, 1.54) is 11.8 Å². The van der Waals surface area contributed by atoms with Crippen LogP contribution >= 0.6 is 27.7 Å². The number of aliphatic hydroxyl groups is 1. The molecule has 90 valence electrons. The first-order chi connectivity index (χ1) is 8.08. The van der Waals surface area contributed by atoms with Crippen molar-refractivity contribution in [1.29, 1.82) is 0 Å². The second-order valence-electron chi connectivity index (χ2n) is 3.68. The van der Waals surface area contributed by atoms with E-state index in [1.807, 2.05) is 29.8 Å². The van der Waals surface area contributed by atoms with E-state index in [9.17, 15) is 5.11 Å². The standard InChI is InChI=1S/C11H12BrN3OS/c1-7(16)9-5-8(12)3-4-10(9)17-11-14-13-6-15(11)2/h3-7,16H,1-2H3. The molecule has 1 atom stereocenters. The van der Waals surface area contributed by atoms with E-state index in [2.05, 4.69) is 26.1 Å². The number of aliphatic hydroxyl groups excluding tert-OH is 1. The molecule has 0 spiro atoms. The third-order valence-electron chi connectivity index (χ3n) is 2.29. The first kappa shape index (κ1) is 12.6. The SMILES string of the molecule is CC(O)c1cc(Br)ccc1Sc1nncn1C. The molecule has 0 saturated carbocycles. The summed E-state index contributed by atoms with van der Waals surface area (Å²) < 4.78 is 2.80. The Kier molecular flexibility index (Phi) is 3.86. The molecule has 0 aliphatic heterocycles. The molecule has 0 aliphatic rings. The lowest BCUT2D eigenvalue weighted by atomic mass is 10.1. The van der Waals surface area contributed by atoms with Crippen molar-refractivity contribution in [2.75, 3.05) is 0 Å². The van der Waals surface area contributed by atoms with Crippen LogP contribution in [0.1, 0.15) is 18.6 Å². The molecule has 1 aromatic heterocycles. The largest absolute Gasteiger partial charge is 0.389 e. The summed E-state index contributed by atoms with van der Waals surface area (Å²) in [5, 5.41) is 18.4. The minimum absolute atomic E-state index is 0.511. The molecule has 1 N–H and O–H groups in total. The molecule has 0 fully saturated rings. The average Bonchev–Trinajstić information content (AvgIpc) is 2.67. The van der Waals surface area contributed by atoms with Gasteiger partial charge in [-0.05, 0) is 42.4 Å². The minimum Gasteiger partial charge on any atom is -0.389 e. The number of hydrogen-bond acceptors (Lipinski definition) is 4. The lowest BCUT2D eigenvalue weighted by molar-refractivity contribution is 0.196. The number of halogens is 1. The number of aryl methyl sites for hydroxylation is 1. The highest BCUT2D eigenvalue weighted by molar-refractivity contribution is 9.10. The molecule has 0 aliphatic carbocycles. The third-order valence-corrected chi connectivity index (χ3v) is 3.93. The fourth-order valence-electron chi connectivity index (χ4n) is 1.40.